The first-order chi connectivity index (χ1) is 22.4. The first kappa shape index (κ1) is 32.6. The smallest absolute Gasteiger partial charge is 0.407 e. The molecule has 2 aliphatic rings. The number of aliphatic hydroxyl groups is 1. The number of alkyl carbamates (subject to hydrolysis) is 1. The quantitative estimate of drug-likeness (QED) is 0.259. The van der Waals surface area contributed by atoms with E-state index in [1.54, 1.807) is 17.8 Å². The Morgan fingerprint density at radius 1 is 1.09 bits per heavy atom. The number of halogens is 1. The van der Waals surface area contributed by atoms with Gasteiger partial charge < -0.3 is 15.2 Å². The zero-order valence-corrected chi connectivity index (χ0v) is 27.6. The van der Waals surface area contributed by atoms with Crippen LogP contribution in [0.3, 0.4) is 0 Å². The number of hydrogen-bond acceptors (Lipinski definition) is 7. The molecular weight excluding hydrogens is 599 g/mol. The van der Waals surface area contributed by atoms with Gasteiger partial charge in [0, 0.05) is 44.4 Å². The molecule has 0 atom stereocenters. The minimum atomic E-state index is -1.09. The van der Waals surface area contributed by atoms with Gasteiger partial charge in [0.25, 0.3) is 5.56 Å². The predicted octanol–water partition coefficient (Wildman–Crippen LogP) is 5.56. The van der Waals surface area contributed by atoms with Gasteiger partial charge in [-0.3, -0.25) is 18.9 Å². The minimum absolute atomic E-state index is 0.103. The number of rotatable bonds is 8. The second-order valence-corrected chi connectivity index (χ2v) is 13.8. The maximum absolute atomic E-state index is 15.0. The second kappa shape index (κ2) is 13.0. The number of allylic oxidation sites excluding steroid dienone is 2. The zero-order valence-electron chi connectivity index (χ0n) is 27.6. The van der Waals surface area contributed by atoms with Crippen molar-refractivity contribution in [2.24, 2.45) is 7.05 Å². The van der Waals surface area contributed by atoms with Gasteiger partial charge >= 0.3 is 6.09 Å². The molecule has 0 radical (unpaired) electrons. The molecule has 4 aromatic rings. The topological polar surface area (TPSA) is 115 Å². The first-order valence-corrected chi connectivity index (χ1v) is 16.3. The fourth-order valence-electron chi connectivity index (χ4n) is 6.45. The number of aromatic nitrogens is 4. The summed E-state index contributed by atoms with van der Waals surface area (Å²) in [7, 11) is 1.77. The van der Waals surface area contributed by atoms with Crippen molar-refractivity contribution in [2.45, 2.75) is 83.7 Å². The van der Waals surface area contributed by atoms with Crippen molar-refractivity contribution in [3.05, 3.63) is 87.7 Å². The Kier molecular flexibility index (Phi) is 9.04. The number of likely N-dealkylation sites (tertiary alicyclic amines) is 1. The maximum Gasteiger partial charge on any atom is 0.407 e. The van der Waals surface area contributed by atoms with Crippen molar-refractivity contribution in [1.29, 1.82) is 0 Å². The average Bonchev–Trinajstić information content (AvgIpc) is 3.68. The molecule has 2 aromatic carbocycles. The Morgan fingerprint density at radius 3 is 2.47 bits per heavy atom. The van der Waals surface area contributed by atoms with Gasteiger partial charge in [0.2, 0.25) is 0 Å². The number of fused-ring (bicyclic) bond motifs is 1. The number of carbonyl (C=O) groups is 1. The summed E-state index contributed by atoms with van der Waals surface area (Å²) >= 11 is 0. The lowest BCUT2D eigenvalue weighted by Gasteiger charge is -2.38. The van der Waals surface area contributed by atoms with Crippen LogP contribution < -0.4 is 10.9 Å². The molecule has 0 spiro atoms. The first-order valence-electron chi connectivity index (χ1n) is 16.3. The van der Waals surface area contributed by atoms with E-state index in [0.717, 1.165) is 36.0 Å². The van der Waals surface area contributed by atoms with E-state index in [2.05, 4.69) is 26.4 Å². The molecule has 3 heterocycles. The summed E-state index contributed by atoms with van der Waals surface area (Å²) < 4.78 is 23.3. The summed E-state index contributed by atoms with van der Waals surface area (Å²) in [4.78, 5) is 32.3. The van der Waals surface area contributed by atoms with Crippen molar-refractivity contribution in [1.82, 2.24) is 29.5 Å². The molecule has 10 nitrogen and oxygen atoms in total. The monoisotopic (exact) mass is 642 g/mol. The van der Waals surface area contributed by atoms with E-state index in [9.17, 15) is 19.1 Å². The molecule has 248 valence electrons. The van der Waals surface area contributed by atoms with E-state index in [4.69, 9.17) is 4.74 Å². The van der Waals surface area contributed by atoms with Crippen LogP contribution in [0.2, 0.25) is 0 Å². The SMILES string of the molecule is Cn1nc2c(=O)n(CC3(O)CCN(Cc4ccc(C5=CCCC5)cc4F)CC3)cnc2c1-c1ccc(CNC(=O)OC(C)(C)C)cc1. The molecule has 6 rings (SSSR count). The zero-order chi connectivity index (χ0) is 33.3. The standard InChI is InChI=1S/C36H43FN6O4/c1-35(2,3)47-34(45)38-20-24-9-11-26(12-10-24)32-30-31(40-41(32)4)33(44)43(23-39-30)22-36(46)15-17-42(18-16-36)21-28-14-13-27(19-29(28)37)25-7-5-6-8-25/h7,9-14,19,23,46H,5-6,8,15-18,20-22H2,1-4H3,(H,38,45). The van der Waals surface area contributed by atoms with Gasteiger partial charge in [0.05, 0.1) is 24.2 Å². The van der Waals surface area contributed by atoms with Gasteiger partial charge in [0.15, 0.2) is 5.52 Å². The minimum Gasteiger partial charge on any atom is -0.444 e. The summed E-state index contributed by atoms with van der Waals surface area (Å²) in [6.07, 6.45) is 7.28. The number of aryl methyl sites for hydroxylation is 1. The van der Waals surface area contributed by atoms with Crippen molar-refractivity contribution in [3.8, 4) is 11.3 Å². The molecule has 1 aliphatic heterocycles. The fraction of sp³-hybridized carbons (Fsp3) is 0.444. The molecule has 47 heavy (non-hydrogen) atoms. The number of hydrogen-bond donors (Lipinski definition) is 2. The van der Waals surface area contributed by atoms with Crippen LogP contribution in [0.25, 0.3) is 27.9 Å². The highest BCUT2D eigenvalue weighted by molar-refractivity contribution is 5.89. The third kappa shape index (κ3) is 7.47. The molecule has 11 heteroatoms. The van der Waals surface area contributed by atoms with Crippen molar-refractivity contribution in [2.75, 3.05) is 13.1 Å². The Hall–Kier alpha value is -4.35. The van der Waals surface area contributed by atoms with Crippen molar-refractivity contribution >= 4 is 22.7 Å². The number of ether oxygens (including phenoxy) is 1. The lowest BCUT2D eigenvalue weighted by Crippen LogP contribution is -2.47. The van der Waals surface area contributed by atoms with E-state index in [-0.39, 0.29) is 23.4 Å². The normalized spacial score (nSPS) is 16.8. The third-order valence-electron chi connectivity index (χ3n) is 8.99. The van der Waals surface area contributed by atoms with Crippen LogP contribution in [-0.2, 0) is 31.4 Å². The Morgan fingerprint density at radius 2 is 1.81 bits per heavy atom. The van der Waals surface area contributed by atoms with Gasteiger partial charge in [-0.15, -0.1) is 0 Å². The average molecular weight is 643 g/mol. The predicted molar refractivity (Wildman–Crippen MR) is 179 cm³/mol. The number of carbonyl (C=O) groups excluding carboxylic acids is 1. The second-order valence-electron chi connectivity index (χ2n) is 13.8. The number of nitrogens with zero attached hydrogens (tertiary/aromatic N) is 5. The summed E-state index contributed by atoms with van der Waals surface area (Å²) in [5.41, 5.74) is 4.00. The van der Waals surface area contributed by atoms with E-state index < -0.39 is 17.3 Å². The molecule has 2 aromatic heterocycles. The molecular formula is C36H43FN6O4. The van der Waals surface area contributed by atoms with Crippen LogP contribution in [0, 0.1) is 5.82 Å². The van der Waals surface area contributed by atoms with Crippen molar-refractivity contribution < 1.29 is 19.0 Å². The van der Waals surface area contributed by atoms with E-state index in [1.165, 1.54) is 16.5 Å². The molecule has 1 aliphatic carbocycles. The van der Waals surface area contributed by atoms with E-state index in [1.807, 2.05) is 57.2 Å². The van der Waals surface area contributed by atoms with Crippen LogP contribution >= 0.6 is 0 Å². The third-order valence-corrected chi connectivity index (χ3v) is 8.99. The summed E-state index contributed by atoms with van der Waals surface area (Å²) in [5.74, 6) is -0.192. The number of amides is 1. The van der Waals surface area contributed by atoms with Crippen LogP contribution in [-0.4, -0.2) is 59.7 Å². The maximum atomic E-state index is 15.0. The largest absolute Gasteiger partial charge is 0.444 e. The highest BCUT2D eigenvalue weighted by atomic mass is 19.1. The van der Waals surface area contributed by atoms with Gasteiger partial charge in [0.1, 0.15) is 16.9 Å². The van der Waals surface area contributed by atoms with Gasteiger partial charge in [-0.25, -0.2) is 14.2 Å². The summed E-state index contributed by atoms with van der Waals surface area (Å²) in [6, 6.07) is 13.1. The molecule has 2 N–H and O–H groups in total. The summed E-state index contributed by atoms with van der Waals surface area (Å²) in [6.45, 7) is 7.51. The van der Waals surface area contributed by atoms with Crippen LogP contribution in [0.15, 0.2) is 59.7 Å². The molecule has 0 unspecified atom stereocenters. The fourth-order valence-corrected chi connectivity index (χ4v) is 6.45. The Bertz CT molecular complexity index is 1860. The van der Waals surface area contributed by atoms with Crippen LogP contribution in [0.4, 0.5) is 9.18 Å². The molecule has 1 amide bonds. The van der Waals surface area contributed by atoms with Crippen LogP contribution in [0.1, 0.15) is 69.6 Å². The van der Waals surface area contributed by atoms with Crippen molar-refractivity contribution in [3.63, 3.8) is 0 Å². The van der Waals surface area contributed by atoms with Gasteiger partial charge in [-0.2, -0.15) is 5.10 Å². The highest BCUT2D eigenvalue weighted by Gasteiger charge is 2.34. The molecule has 0 saturated carbocycles. The lowest BCUT2D eigenvalue weighted by molar-refractivity contribution is -0.0366. The van der Waals surface area contributed by atoms with E-state index >= 15 is 0 Å². The molecule has 0 bridgehead atoms. The molecule has 1 fully saturated rings. The Labute approximate surface area is 273 Å². The summed E-state index contributed by atoms with van der Waals surface area (Å²) in [5, 5.41) is 18.7. The number of benzene rings is 2. The van der Waals surface area contributed by atoms with E-state index in [0.29, 0.717) is 55.8 Å². The van der Waals surface area contributed by atoms with Crippen LogP contribution in [0.5, 0.6) is 0 Å². The van der Waals surface area contributed by atoms with Gasteiger partial charge in [-0.05, 0) is 75.6 Å². The lowest BCUT2D eigenvalue weighted by atomic mass is 9.91. The van der Waals surface area contributed by atoms with Gasteiger partial charge in [-0.1, -0.05) is 42.5 Å². The number of nitrogens with one attached hydrogen (secondary N) is 1. The Balaban J connectivity index is 1.09. The number of piperidine rings is 1. The molecule has 1 saturated heterocycles. The highest BCUT2D eigenvalue weighted by Crippen LogP contribution is 2.30.